The lowest BCUT2D eigenvalue weighted by molar-refractivity contribution is -0.121. The van der Waals surface area contributed by atoms with Crippen molar-refractivity contribution in [1.29, 1.82) is 0 Å². The summed E-state index contributed by atoms with van der Waals surface area (Å²) < 4.78 is 3.53. The van der Waals surface area contributed by atoms with Gasteiger partial charge < -0.3 is 10.2 Å². The minimum atomic E-state index is -0.134. The van der Waals surface area contributed by atoms with Crippen molar-refractivity contribution in [2.45, 2.75) is 45.7 Å². The summed E-state index contributed by atoms with van der Waals surface area (Å²) >= 11 is 6.06. The van der Waals surface area contributed by atoms with E-state index in [1.54, 1.807) is 16.7 Å². The normalized spacial score (nSPS) is 15.7. The minimum Gasteiger partial charge on any atom is -0.366 e. The lowest BCUT2D eigenvalue weighted by Crippen LogP contribution is -2.52. The molecule has 0 spiro atoms. The molecule has 1 aliphatic heterocycles. The van der Waals surface area contributed by atoms with E-state index in [-0.39, 0.29) is 17.9 Å². The lowest BCUT2D eigenvalue weighted by Gasteiger charge is -2.41. The van der Waals surface area contributed by atoms with Gasteiger partial charge in [0, 0.05) is 55.8 Å². The molecular formula is C34H38ClN7O2. The number of rotatable bonds is 10. The largest absolute Gasteiger partial charge is 0.366 e. The van der Waals surface area contributed by atoms with Gasteiger partial charge in [0.2, 0.25) is 11.7 Å². The Kier molecular flexibility index (Phi) is 8.95. The molecule has 0 radical (unpaired) electrons. The van der Waals surface area contributed by atoms with Gasteiger partial charge in [-0.25, -0.2) is 0 Å². The molecule has 1 N–H and O–H groups in total. The quantitative estimate of drug-likeness (QED) is 0.230. The van der Waals surface area contributed by atoms with Crippen LogP contribution < -0.4 is 15.8 Å². The molecule has 44 heavy (non-hydrogen) atoms. The smallest absolute Gasteiger partial charge is 0.263 e. The first-order valence-electron chi connectivity index (χ1n) is 15.3. The fourth-order valence-electron chi connectivity index (χ4n) is 6.16. The zero-order chi connectivity index (χ0) is 30.6. The third-order valence-electron chi connectivity index (χ3n) is 8.42. The van der Waals surface area contributed by atoms with Gasteiger partial charge in [0.1, 0.15) is 5.82 Å². The maximum Gasteiger partial charge on any atom is 0.263 e. The van der Waals surface area contributed by atoms with Crippen LogP contribution in [0.5, 0.6) is 0 Å². The molecular weight excluding hydrogens is 574 g/mol. The number of fused-ring (bicyclic) bond motifs is 3. The summed E-state index contributed by atoms with van der Waals surface area (Å²) in [6.07, 6.45) is 1.60. The van der Waals surface area contributed by atoms with Crippen LogP contribution in [0.4, 0.5) is 5.69 Å². The van der Waals surface area contributed by atoms with Crippen molar-refractivity contribution < 1.29 is 4.79 Å². The molecule has 3 aromatic carbocycles. The number of aryl methyl sites for hydroxylation is 2. The highest BCUT2D eigenvalue weighted by Gasteiger charge is 2.23. The van der Waals surface area contributed by atoms with E-state index in [9.17, 15) is 9.59 Å². The average molecular weight is 612 g/mol. The number of halogens is 1. The second-order valence-electron chi connectivity index (χ2n) is 11.7. The molecule has 1 saturated heterocycles. The van der Waals surface area contributed by atoms with Crippen molar-refractivity contribution in [2.24, 2.45) is 0 Å². The number of nitrogens with one attached hydrogen (secondary N) is 1. The molecule has 0 saturated carbocycles. The van der Waals surface area contributed by atoms with Gasteiger partial charge in [0.05, 0.1) is 17.4 Å². The molecule has 1 amide bonds. The van der Waals surface area contributed by atoms with E-state index in [2.05, 4.69) is 63.4 Å². The molecule has 0 unspecified atom stereocenters. The molecule has 0 bridgehead atoms. The first-order chi connectivity index (χ1) is 21.4. The number of hydrogen-bond donors (Lipinski definition) is 1. The van der Waals surface area contributed by atoms with Crippen molar-refractivity contribution in [3.8, 4) is 0 Å². The van der Waals surface area contributed by atoms with Gasteiger partial charge in [-0.05, 0) is 74.3 Å². The summed E-state index contributed by atoms with van der Waals surface area (Å²) in [7, 11) is 0. The SMILES string of the molecule is Cc1cccc(N2CCN(CCCNC(=O)CCc3nnc4n(Cc5ccc(Cl)cc5)c(=O)c5ccccc5n34)C[C@@H]2C)c1. The van der Waals surface area contributed by atoms with Gasteiger partial charge in [-0.1, -0.05) is 48.0 Å². The third kappa shape index (κ3) is 6.49. The van der Waals surface area contributed by atoms with Crippen LogP contribution in [0.25, 0.3) is 16.7 Å². The van der Waals surface area contributed by atoms with Crippen LogP contribution in [0, 0.1) is 6.92 Å². The lowest BCUT2D eigenvalue weighted by atomic mass is 10.1. The Balaban J connectivity index is 1.05. The Hall–Kier alpha value is -4.21. The van der Waals surface area contributed by atoms with Gasteiger partial charge in [-0.2, -0.15) is 0 Å². The van der Waals surface area contributed by atoms with Crippen LogP contribution >= 0.6 is 11.6 Å². The number of carbonyl (C=O) groups excluding carboxylic acids is 1. The maximum absolute atomic E-state index is 13.4. The number of anilines is 1. The highest BCUT2D eigenvalue weighted by atomic mass is 35.5. The van der Waals surface area contributed by atoms with E-state index in [4.69, 9.17) is 11.6 Å². The third-order valence-corrected chi connectivity index (χ3v) is 8.67. The molecule has 6 rings (SSSR count). The van der Waals surface area contributed by atoms with E-state index in [1.807, 2.05) is 40.8 Å². The number of amides is 1. The molecule has 2 aromatic heterocycles. The predicted octanol–water partition coefficient (Wildman–Crippen LogP) is 4.70. The van der Waals surface area contributed by atoms with Crippen LogP contribution in [0.15, 0.2) is 77.6 Å². The van der Waals surface area contributed by atoms with Crippen LogP contribution in [0.3, 0.4) is 0 Å². The van der Waals surface area contributed by atoms with Gasteiger partial charge in [0.25, 0.3) is 5.56 Å². The van der Waals surface area contributed by atoms with Crippen molar-refractivity contribution in [3.05, 3.63) is 105 Å². The fourth-order valence-corrected chi connectivity index (χ4v) is 6.29. The molecule has 3 heterocycles. The Morgan fingerprint density at radius 1 is 1.02 bits per heavy atom. The summed E-state index contributed by atoms with van der Waals surface area (Å²) in [5, 5.41) is 13.1. The summed E-state index contributed by atoms with van der Waals surface area (Å²) in [6.45, 7) is 9.38. The Morgan fingerprint density at radius 3 is 2.64 bits per heavy atom. The Morgan fingerprint density at radius 2 is 1.84 bits per heavy atom. The predicted molar refractivity (Wildman–Crippen MR) is 176 cm³/mol. The molecule has 5 aromatic rings. The van der Waals surface area contributed by atoms with Crippen molar-refractivity contribution in [3.63, 3.8) is 0 Å². The van der Waals surface area contributed by atoms with E-state index >= 15 is 0 Å². The second kappa shape index (κ2) is 13.2. The van der Waals surface area contributed by atoms with Crippen LogP contribution in [0.1, 0.15) is 36.7 Å². The highest BCUT2D eigenvalue weighted by molar-refractivity contribution is 6.30. The topological polar surface area (TPSA) is 87.8 Å². The number of para-hydroxylation sites is 1. The second-order valence-corrected chi connectivity index (χ2v) is 12.1. The average Bonchev–Trinajstić information content (AvgIpc) is 3.45. The summed E-state index contributed by atoms with van der Waals surface area (Å²) in [5.41, 5.74) is 4.11. The number of piperazine rings is 1. The van der Waals surface area contributed by atoms with Crippen molar-refractivity contribution in [1.82, 2.24) is 29.4 Å². The summed E-state index contributed by atoms with van der Waals surface area (Å²) in [6, 6.07) is 24.0. The highest BCUT2D eigenvalue weighted by Crippen LogP contribution is 2.22. The monoisotopic (exact) mass is 611 g/mol. The fraction of sp³-hybridized carbons (Fsp3) is 0.353. The molecule has 1 atom stereocenters. The van der Waals surface area contributed by atoms with Crippen LogP contribution in [-0.2, 0) is 17.8 Å². The number of aromatic nitrogens is 4. The van der Waals surface area contributed by atoms with Gasteiger partial charge in [0.15, 0.2) is 0 Å². The molecule has 228 valence electrons. The summed E-state index contributed by atoms with van der Waals surface area (Å²) in [5.74, 6) is 1.09. The van der Waals surface area contributed by atoms with Crippen LogP contribution in [0.2, 0.25) is 5.02 Å². The van der Waals surface area contributed by atoms with E-state index < -0.39 is 0 Å². The molecule has 1 fully saturated rings. The summed E-state index contributed by atoms with van der Waals surface area (Å²) in [4.78, 5) is 31.2. The molecule has 9 nitrogen and oxygen atoms in total. The first-order valence-corrected chi connectivity index (χ1v) is 15.7. The van der Waals surface area contributed by atoms with Crippen LogP contribution in [-0.4, -0.2) is 68.7 Å². The Bertz CT molecular complexity index is 1830. The molecule has 1 aliphatic rings. The number of hydrogen-bond acceptors (Lipinski definition) is 6. The van der Waals surface area contributed by atoms with Gasteiger partial charge in [-0.15, -0.1) is 10.2 Å². The first kappa shape index (κ1) is 29.8. The zero-order valence-electron chi connectivity index (χ0n) is 25.2. The Labute approximate surface area is 262 Å². The van der Waals surface area contributed by atoms with Crippen molar-refractivity contribution >= 4 is 39.9 Å². The van der Waals surface area contributed by atoms with E-state index in [1.165, 1.54) is 11.3 Å². The molecule has 0 aliphatic carbocycles. The van der Waals surface area contributed by atoms with E-state index in [0.29, 0.717) is 47.6 Å². The minimum absolute atomic E-state index is 0.0156. The van der Waals surface area contributed by atoms with Gasteiger partial charge in [-0.3, -0.25) is 23.5 Å². The number of carbonyl (C=O) groups is 1. The van der Waals surface area contributed by atoms with E-state index in [0.717, 1.165) is 43.7 Å². The van der Waals surface area contributed by atoms with Crippen molar-refractivity contribution in [2.75, 3.05) is 37.6 Å². The number of benzene rings is 3. The zero-order valence-corrected chi connectivity index (χ0v) is 26.0. The van der Waals surface area contributed by atoms with Gasteiger partial charge >= 0.3 is 0 Å². The maximum atomic E-state index is 13.4. The number of nitrogens with zero attached hydrogens (tertiary/aromatic N) is 6. The standard InChI is InChI=1S/C34H38ClN7O2/c1-24-7-5-8-28(21-24)40-20-19-39(22-25(40)2)18-6-17-36-32(43)16-15-31-37-38-34-41(23-26-11-13-27(35)14-12-26)33(44)29-9-3-4-10-30(29)42(31)34/h3-5,7-14,21,25H,6,15-20,22-23H2,1-2H3,(H,36,43)/t25-/m0/s1. The molecule has 10 heteroatoms.